The lowest BCUT2D eigenvalue weighted by Crippen LogP contribution is -2.49. The Morgan fingerprint density at radius 2 is 2.15 bits per heavy atom. The van der Waals surface area contributed by atoms with Gasteiger partial charge in [-0.05, 0) is 51.3 Å². The highest BCUT2D eigenvalue weighted by Crippen LogP contribution is 2.27. The summed E-state index contributed by atoms with van der Waals surface area (Å²) in [6, 6.07) is 8.48. The van der Waals surface area contributed by atoms with Crippen LogP contribution in [-0.4, -0.2) is 36.8 Å². The number of nitrogens with one attached hydrogen (secondary N) is 1. The normalized spacial score (nSPS) is 18.0. The zero-order valence-corrected chi connectivity index (χ0v) is 12.4. The van der Waals surface area contributed by atoms with Crippen molar-refractivity contribution in [3.8, 4) is 0 Å². The van der Waals surface area contributed by atoms with E-state index in [2.05, 4.69) is 34.5 Å². The minimum absolute atomic E-state index is 0.590. The van der Waals surface area contributed by atoms with Crippen LogP contribution in [0, 0.1) is 0 Å². The van der Waals surface area contributed by atoms with Gasteiger partial charge in [0.15, 0.2) is 0 Å². The number of carboxylic acid groups (broad SMARTS) is 1. The fraction of sp³-hybridized carbons (Fsp3) is 0.562. The molecular formula is C16H24N2O2. The van der Waals surface area contributed by atoms with Crippen molar-refractivity contribution in [3.05, 3.63) is 29.8 Å². The summed E-state index contributed by atoms with van der Waals surface area (Å²) in [6.07, 6.45) is 4.08. The molecule has 0 aliphatic carbocycles. The number of aliphatic carboxylic acids is 1. The zero-order valence-electron chi connectivity index (χ0n) is 12.4. The summed E-state index contributed by atoms with van der Waals surface area (Å²) >= 11 is 0. The molecule has 1 aliphatic heterocycles. The molecular weight excluding hydrogens is 252 g/mol. The fourth-order valence-corrected chi connectivity index (χ4v) is 2.70. The van der Waals surface area contributed by atoms with E-state index in [1.807, 2.05) is 0 Å². The quantitative estimate of drug-likeness (QED) is 0.866. The van der Waals surface area contributed by atoms with Gasteiger partial charge in [-0.3, -0.25) is 4.79 Å². The smallest absolute Gasteiger partial charge is 0.323 e. The fourth-order valence-electron chi connectivity index (χ4n) is 2.70. The molecule has 0 fully saturated rings. The standard InChI is InChI=1S/C16H24N2O2/c1-16(17-2,15(19)20)10-12-18-11-6-5-8-13-7-3-4-9-14(13)18/h3-4,7,9,17H,5-6,8,10-12H2,1-2H3,(H,19,20). The first-order chi connectivity index (χ1) is 9.57. The summed E-state index contributed by atoms with van der Waals surface area (Å²) in [6.45, 7) is 3.52. The van der Waals surface area contributed by atoms with E-state index < -0.39 is 11.5 Å². The van der Waals surface area contributed by atoms with Gasteiger partial charge in [0.1, 0.15) is 5.54 Å². The minimum atomic E-state index is -0.860. The van der Waals surface area contributed by atoms with Crippen LogP contribution in [0.3, 0.4) is 0 Å². The van der Waals surface area contributed by atoms with E-state index in [1.54, 1.807) is 14.0 Å². The van der Waals surface area contributed by atoms with Gasteiger partial charge in [-0.15, -0.1) is 0 Å². The van der Waals surface area contributed by atoms with E-state index in [1.165, 1.54) is 17.7 Å². The van der Waals surface area contributed by atoms with Crippen molar-refractivity contribution in [2.45, 2.75) is 38.1 Å². The Balaban J connectivity index is 2.11. The largest absolute Gasteiger partial charge is 0.480 e. The van der Waals surface area contributed by atoms with Crippen LogP contribution >= 0.6 is 0 Å². The maximum absolute atomic E-state index is 11.4. The summed E-state index contributed by atoms with van der Waals surface area (Å²) < 4.78 is 0. The van der Waals surface area contributed by atoms with E-state index in [-0.39, 0.29) is 0 Å². The molecule has 2 N–H and O–H groups in total. The molecule has 0 spiro atoms. The Morgan fingerprint density at radius 1 is 1.40 bits per heavy atom. The van der Waals surface area contributed by atoms with Crippen LogP contribution in [-0.2, 0) is 11.2 Å². The molecule has 4 heteroatoms. The van der Waals surface area contributed by atoms with Crippen molar-refractivity contribution in [1.29, 1.82) is 0 Å². The van der Waals surface area contributed by atoms with Gasteiger partial charge >= 0.3 is 5.97 Å². The van der Waals surface area contributed by atoms with E-state index in [0.717, 1.165) is 25.9 Å². The first-order valence-corrected chi connectivity index (χ1v) is 7.32. The van der Waals surface area contributed by atoms with Crippen LogP contribution in [0.5, 0.6) is 0 Å². The number of likely N-dealkylation sites (N-methyl/N-ethyl adjacent to an activating group) is 1. The number of hydrogen-bond donors (Lipinski definition) is 2. The summed E-state index contributed by atoms with van der Waals surface area (Å²) in [5.41, 5.74) is 1.79. The summed E-state index contributed by atoms with van der Waals surface area (Å²) in [5.74, 6) is -0.789. The lowest BCUT2D eigenvalue weighted by Gasteiger charge is -2.30. The highest BCUT2D eigenvalue weighted by Gasteiger charge is 2.31. The second-order valence-electron chi connectivity index (χ2n) is 5.71. The van der Waals surface area contributed by atoms with Gasteiger partial charge in [0.2, 0.25) is 0 Å². The third kappa shape index (κ3) is 3.12. The van der Waals surface area contributed by atoms with E-state index in [9.17, 15) is 9.90 Å². The summed E-state index contributed by atoms with van der Waals surface area (Å²) in [4.78, 5) is 13.7. The molecule has 4 nitrogen and oxygen atoms in total. The van der Waals surface area contributed by atoms with Crippen molar-refractivity contribution in [2.24, 2.45) is 0 Å². The Bertz CT molecular complexity index is 475. The van der Waals surface area contributed by atoms with Crippen LogP contribution in [0.4, 0.5) is 5.69 Å². The van der Waals surface area contributed by atoms with Gasteiger partial charge < -0.3 is 15.3 Å². The molecule has 0 bridgehead atoms. The van der Waals surface area contributed by atoms with Crippen LogP contribution in [0.15, 0.2) is 24.3 Å². The average Bonchev–Trinajstić information content (AvgIpc) is 2.67. The molecule has 0 saturated heterocycles. The Morgan fingerprint density at radius 3 is 2.85 bits per heavy atom. The predicted molar refractivity (Wildman–Crippen MR) is 81.3 cm³/mol. The van der Waals surface area contributed by atoms with Crippen LogP contribution in [0.25, 0.3) is 0 Å². The van der Waals surface area contributed by atoms with Gasteiger partial charge in [0, 0.05) is 18.8 Å². The van der Waals surface area contributed by atoms with Crippen LogP contribution in [0.2, 0.25) is 0 Å². The maximum Gasteiger partial charge on any atom is 0.323 e. The number of aryl methyl sites for hydroxylation is 1. The molecule has 2 rings (SSSR count). The Kier molecular flexibility index (Phi) is 4.65. The highest BCUT2D eigenvalue weighted by molar-refractivity contribution is 5.78. The molecule has 20 heavy (non-hydrogen) atoms. The van der Waals surface area contributed by atoms with Gasteiger partial charge in [-0.2, -0.15) is 0 Å². The number of rotatable bonds is 5. The van der Waals surface area contributed by atoms with E-state index >= 15 is 0 Å². The van der Waals surface area contributed by atoms with E-state index in [0.29, 0.717) is 6.42 Å². The van der Waals surface area contributed by atoms with E-state index in [4.69, 9.17) is 0 Å². The predicted octanol–water partition coefficient (Wildman–Crippen LogP) is 2.28. The highest BCUT2D eigenvalue weighted by atomic mass is 16.4. The molecule has 1 heterocycles. The molecule has 1 atom stereocenters. The van der Waals surface area contributed by atoms with Crippen molar-refractivity contribution >= 4 is 11.7 Å². The van der Waals surface area contributed by atoms with Crippen molar-refractivity contribution < 1.29 is 9.90 Å². The number of hydrogen-bond acceptors (Lipinski definition) is 3. The summed E-state index contributed by atoms with van der Waals surface area (Å²) in [5, 5.41) is 12.3. The third-order valence-electron chi connectivity index (χ3n) is 4.36. The maximum atomic E-state index is 11.4. The molecule has 0 aromatic heterocycles. The molecule has 110 valence electrons. The third-order valence-corrected chi connectivity index (χ3v) is 4.36. The molecule has 0 radical (unpaired) electrons. The molecule has 0 saturated carbocycles. The molecule has 1 aromatic carbocycles. The lowest BCUT2D eigenvalue weighted by atomic mass is 9.97. The van der Waals surface area contributed by atoms with Gasteiger partial charge in [-0.25, -0.2) is 0 Å². The number of para-hydroxylation sites is 1. The zero-order chi connectivity index (χ0) is 14.6. The molecule has 0 amide bonds. The second-order valence-corrected chi connectivity index (χ2v) is 5.71. The number of benzene rings is 1. The van der Waals surface area contributed by atoms with Gasteiger partial charge in [0.25, 0.3) is 0 Å². The molecule has 1 unspecified atom stereocenters. The summed E-state index contributed by atoms with van der Waals surface area (Å²) in [7, 11) is 1.71. The molecule has 1 aromatic rings. The van der Waals surface area contributed by atoms with Crippen molar-refractivity contribution in [1.82, 2.24) is 5.32 Å². The van der Waals surface area contributed by atoms with Crippen molar-refractivity contribution in [2.75, 3.05) is 25.0 Å². The lowest BCUT2D eigenvalue weighted by molar-refractivity contribution is -0.144. The topological polar surface area (TPSA) is 52.6 Å². The van der Waals surface area contributed by atoms with Crippen molar-refractivity contribution in [3.63, 3.8) is 0 Å². The number of carbonyl (C=O) groups is 1. The number of nitrogens with zero attached hydrogens (tertiary/aromatic N) is 1. The number of anilines is 1. The van der Waals surface area contributed by atoms with Gasteiger partial charge in [0.05, 0.1) is 0 Å². The van der Waals surface area contributed by atoms with Crippen LogP contribution in [0.1, 0.15) is 31.7 Å². The second kappa shape index (κ2) is 6.27. The minimum Gasteiger partial charge on any atom is -0.480 e. The first-order valence-electron chi connectivity index (χ1n) is 7.32. The average molecular weight is 276 g/mol. The number of fused-ring (bicyclic) bond motifs is 1. The number of carboxylic acids is 1. The molecule has 1 aliphatic rings. The Hall–Kier alpha value is -1.55. The van der Waals surface area contributed by atoms with Crippen LogP contribution < -0.4 is 10.2 Å². The van der Waals surface area contributed by atoms with Gasteiger partial charge in [-0.1, -0.05) is 18.2 Å². The first kappa shape index (κ1) is 14.9. The monoisotopic (exact) mass is 276 g/mol. The SMILES string of the molecule is CNC(C)(CCN1CCCCc2ccccc21)C(=O)O. The Labute approximate surface area is 120 Å².